The standard InChI is InChI=1S/C12H16O3/c1-8-4-11(9(2)7-13)6-12(5-8)15-10(3)14/h4-6,9,13H,7H2,1-3H3. The number of aliphatic hydroxyl groups is 1. The third-order valence-electron chi connectivity index (χ3n) is 2.18. The van der Waals surface area contributed by atoms with Gasteiger partial charge in [0.15, 0.2) is 0 Å². The predicted octanol–water partition coefficient (Wildman–Crippen LogP) is 2.02. The molecule has 1 aromatic carbocycles. The highest BCUT2D eigenvalue weighted by atomic mass is 16.5. The van der Waals surface area contributed by atoms with Crippen molar-refractivity contribution in [1.82, 2.24) is 0 Å². The summed E-state index contributed by atoms with van der Waals surface area (Å²) in [7, 11) is 0. The third kappa shape index (κ3) is 3.36. The van der Waals surface area contributed by atoms with Gasteiger partial charge in [-0.25, -0.2) is 0 Å². The Morgan fingerprint density at radius 2 is 2.13 bits per heavy atom. The molecule has 82 valence electrons. The van der Waals surface area contributed by atoms with E-state index in [0.29, 0.717) is 5.75 Å². The first-order chi connectivity index (χ1) is 7.02. The summed E-state index contributed by atoms with van der Waals surface area (Å²) in [5, 5.41) is 9.04. The number of carbonyl (C=O) groups excluding carboxylic acids is 1. The van der Waals surface area contributed by atoms with Crippen LogP contribution in [0.25, 0.3) is 0 Å². The maximum Gasteiger partial charge on any atom is 0.308 e. The highest BCUT2D eigenvalue weighted by Gasteiger charge is 2.07. The van der Waals surface area contributed by atoms with Crippen LogP contribution >= 0.6 is 0 Å². The first kappa shape index (κ1) is 11.7. The second-order valence-electron chi connectivity index (χ2n) is 3.76. The quantitative estimate of drug-likeness (QED) is 0.610. The zero-order chi connectivity index (χ0) is 11.4. The molecule has 3 nitrogen and oxygen atoms in total. The maximum atomic E-state index is 10.8. The molecule has 1 atom stereocenters. The molecule has 0 fully saturated rings. The molecular weight excluding hydrogens is 192 g/mol. The third-order valence-corrected chi connectivity index (χ3v) is 2.18. The highest BCUT2D eigenvalue weighted by molar-refractivity contribution is 5.69. The van der Waals surface area contributed by atoms with Gasteiger partial charge in [-0.15, -0.1) is 0 Å². The zero-order valence-electron chi connectivity index (χ0n) is 9.28. The maximum absolute atomic E-state index is 10.8. The monoisotopic (exact) mass is 208 g/mol. The van der Waals surface area contributed by atoms with Crippen LogP contribution in [0, 0.1) is 6.92 Å². The second-order valence-corrected chi connectivity index (χ2v) is 3.76. The van der Waals surface area contributed by atoms with Crippen LogP contribution in [0.5, 0.6) is 5.75 Å². The van der Waals surface area contributed by atoms with E-state index in [0.717, 1.165) is 11.1 Å². The fourth-order valence-corrected chi connectivity index (χ4v) is 1.39. The first-order valence-electron chi connectivity index (χ1n) is 4.93. The van der Waals surface area contributed by atoms with Gasteiger partial charge in [-0.3, -0.25) is 4.79 Å². The minimum absolute atomic E-state index is 0.0548. The Morgan fingerprint density at radius 1 is 1.47 bits per heavy atom. The van der Waals surface area contributed by atoms with Crippen molar-refractivity contribution in [3.05, 3.63) is 29.3 Å². The van der Waals surface area contributed by atoms with Gasteiger partial charge >= 0.3 is 5.97 Å². The molecule has 0 radical (unpaired) electrons. The van der Waals surface area contributed by atoms with Gasteiger partial charge in [0, 0.05) is 19.4 Å². The molecule has 0 aliphatic carbocycles. The largest absolute Gasteiger partial charge is 0.427 e. The summed E-state index contributed by atoms with van der Waals surface area (Å²) in [6.07, 6.45) is 0. The van der Waals surface area contributed by atoms with Crippen LogP contribution in [0.4, 0.5) is 0 Å². The van der Waals surface area contributed by atoms with E-state index in [2.05, 4.69) is 0 Å². The van der Waals surface area contributed by atoms with Gasteiger partial charge in [-0.05, 0) is 30.2 Å². The van der Waals surface area contributed by atoms with E-state index in [1.807, 2.05) is 19.9 Å². The molecular formula is C12H16O3. The predicted molar refractivity (Wildman–Crippen MR) is 58.0 cm³/mol. The van der Waals surface area contributed by atoms with Crippen LogP contribution in [0.15, 0.2) is 18.2 Å². The molecule has 0 saturated heterocycles. The van der Waals surface area contributed by atoms with Crippen LogP contribution in [0.1, 0.15) is 30.9 Å². The van der Waals surface area contributed by atoms with Crippen molar-refractivity contribution >= 4 is 5.97 Å². The Kier molecular flexibility index (Phi) is 3.86. The van der Waals surface area contributed by atoms with Gasteiger partial charge < -0.3 is 9.84 Å². The summed E-state index contributed by atoms with van der Waals surface area (Å²) < 4.78 is 5.01. The number of ether oxygens (including phenoxy) is 1. The molecule has 0 bridgehead atoms. The van der Waals surface area contributed by atoms with E-state index in [-0.39, 0.29) is 18.5 Å². The molecule has 1 aromatic rings. The van der Waals surface area contributed by atoms with Crippen molar-refractivity contribution in [2.24, 2.45) is 0 Å². The Bertz CT molecular complexity index is 358. The highest BCUT2D eigenvalue weighted by Crippen LogP contribution is 2.22. The van der Waals surface area contributed by atoms with Crippen LogP contribution in [0.3, 0.4) is 0 Å². The molecule has 1 rings (SSSR count). The van der Waals surface area contributed by atoms with Crippen LogP contribution < -0.4 is 4.74 Å². The van der Waals surface area contributed by atoms with Crippen LogP contribution in [0.2, 0.25) is 0 Å². The van der Waals surface area contributed by atoms with Gasteiger partial charge in [0.2, 0.25) is 0 Å². The molecule has 0 saturated carbocycles. The Morgan fingerprint density at radius 3 is 2.67 bits per heavy atom. The van der Waals surface area contributed by atoms with Crippen LogP contribution in [-0.2, 0) is 4.79 Å². The van der Waals surface area contributed by atoms with Gasteiger partial charge in [-0.1, -0.05) is 13.0 Å². The SMILES string of the molecule is CC(=O)Oc1cc(C)cc(C(C)CO)c1. The molecule has 3 heteroatoms. The molecule has 0 aliphatic rings. The lowest BCUT2D eigenvalue weighted by Gasteiger charge is -2.11. The number of aliphatic hydroxyl groups excluding tert-OH is 1. The minimum Gasteiger partial charge on any atom is -0.427 e. The zero-order valence-corrected chi connectivity index (χ0v) is 9.28. The summed E-state index contributed by atoms with van der Waals surface area (Å²) in [5.74, 6) is 0.264. The number of aryl methyl sites for hydroxylation is 1. The van der Waals surface area contributed by atoms with Gasteiger partial charge in [-0.2, -0.15) is 0 Å². The van der Waals surface area contributed by atoms with E-state index in [4.69, 9.17) is 9.84 Å². The second kappa shape index (κ2) is 4.94. The number of benzene rings is 1. The minimum atomic E-state index is -0.330. The lowest BCUT2D eigenvalue weighted by atomic mass is 10.00. The van der Waals surface area contributed by atoms with Crippen molar-refractivity contribution in [2.45, 2.75) is 26.7 Å². The molecule has 0 aliphatic heterocycles. The molecule has 1 unspecified atom stereocenters. The Hall–Kier alpha value is -1.35. The van der Waals surface area contributed by atoms with Gasteiger partial charge in [0.05, 0.1) is 0 Å². The van der Waals surface area contributed by atoms with E-state index in [9.17, 15) is 4.79 Å². The van der Waals surface area contributed by atoms with Gasteiger partial charge in [0.1, 0.15) is 5.75 Å². The average Bonchev–Trinajstić information content (AvgIpc) is 2.14. The van der Waals surface area contributed by atoms with Crippen LogP contribution in [-0.4, -0.2) is 17.7 Å². The van der Waals surface area contributed by atoms with Crippen molar-refractivity contribution in [3.8, 4) is 5.75 Å². The van der Waals surface area contributed by atoms with E-state index >= 15 is 0 Å². The summed E-state index contributed by atoms with van der Waals surface area (Å²) in [6.45, 7) is 5.31. The summed E-state index contributed by atoms with van der Waals surface area (Å²) in [6, 6.07) is 5.57. The number of carbonyl (C=O) groups is 1. The smallest absolute Gasteiger partial charge is 0.308 e. The molecule has 1 N–H and O–H groups in total. The number of esters is 1. The molecule has 0 spiro atoms. The number of hydrogen-bond acceptors (Lipinski definition) is 3. The van der Waals surface area contributed by atoms with E-state index in [1.54, 1.807) is 12.1 Å². The van der Waals surface area contributed by atoms with Crippen molar-refractivity contribution in [3.63, 3.8) is 0 Å². The fourth-order valence-electron chi connectivity index (χ4n) is 1.39. The first-order valence-corrected chi connectivity index (χ1v) is 4.93. The van der Waals surface area contributed by atoms with Crippen molar-refractivity contribution in [1.29, 1.82) is 0 Å². The topological polar surface area (TPSA) is 46.5 Å². The Labute approximate surface area is 89.7 Å². The van der Waals surface area contributed by atoms with Crippen molar-refractivity contribution in [2.75, 3.05) is 6.61 Å². The lowest BCUT2D eigenvalue weighted by Crippen LogP contribution is -2.04. The number of hydrogen-bond donors (Lipinski definition) is 1. The molecule has 0 aromatic heterocycles. The molecule has 0 amide bonds. The van der Waals surface area contributed by atoms with Crippen molar-refractivity contribution < 1.29 is 14.6 Å². The summed E-state index contributed by atoms with van der Waals surface area (Å²) in [5.41, 5.74) is 2.00. The normalized spacial score (nSPS) is 12.3. The number of rotatable bonds is 3. The average molecular weight is 208 g/mol. The van der Waals surface area contributed by atoms with Gasteiger partial charge in [0.25, 0.3) is 0 Å². The molecule has 15 heavy (non-hydrogen) atoms. The van der Waals surface area contributed by atoms with E-state index in [1.165, 1.54) is 6.92 Å². The lowest BCUT2D eigenvalue weighted by molar-refractivity contribution is -0.131. The summed E-state index contributed by atoms with van der Waals surface area (Å²) >= 11 is 0. The Balaban J connectivity index is 2.99. The fraction of sp³-hybridized carbons (Fsp3) is 0.417. The molecule has 0 heterocycles. The summed E-state index contributed by atoms with van der Waals surface area (Å²) in [4.78, 5) is 10.8. The van der Waals surface area contributed by atoms with E-state index < -0.39 is 0 Å².